The topological polar surface area (TPSA) is 35.2 Å². The van der Waals surface area contributed by atoms with Crippen molar-refractivity contribution in [2.75, 3.05) is 7.11 Å². The molecule has 0 aliphatic heterocycles. The fourth-order valence-electron chi connectivity index (χ4n) is 1.41. The zero-order valence-electron chi connectivity index (χ0n) is 8.05. The van der Waals surface area contributed by atoms with Crippen LogP contribution in [-0.4, -0.2) is 12.1 Å². The zero-order chi connectivity index (χ0) is 10.0. The van der Waals surface area contributed by atoms with Crippen molar-refractivity contribution >= 4 is 17.2 Å². The summed E-state index contributed by atoms with van der Waals surface area (Å²) in [5.74, 6) is 0.776. The Morgan fingerprint density at radius 1 is 1.38 bits per heavy atom. The number of nitrogens with two attached hydrogens (primary N) is 1. The molecule has 1 aromatic rings. The summed E-state index contributed by atoms with van der Waals surface area (Å²) in [6.45, 7) is 3.99. The first-order valence-corrected chi connectivity index (χ1v) is 4.42. The van der Waals surface area contributed by atoms with Crippen molar-refractivity contribution in [3.8, 4) is 5.75 Å². The first-order chi connectivity index (χ1) is 6.06. The van der Waals surface area contributed by atoms with Gasteiger partial charge in [-0.05, 0) is 31.0 Å². The lowest BCUT2D eigenvalue weighted by Crippen LogP contribution is -2.12. The number of thiocarbonyl (C=S) groups is 1. The smallest absolute Gasteiger partial charge is 0.131 e. The molecule has 0 fully saturated rings. The van der Waals surface area contributed by atoms with Crippen LogP contribution >= 0.6 is 12.2 Å². The molecule has 0 unspecified atom stereocenters. The summed E-state index contributed by atoms with van der Waals surface area (Å²) in [7, 11) is 1.62. The lowest BCUT2D eigenvalue weighted by atomic mass is 10.1. The summed E-state index contributed by atoms with van der Waals surface area (Å²) in [5.41, 5.74) is 8.59. The van der Waals surface area contributed by atoms with Crippen molar-refractivity contribution < 1.29 is 4.74 Å². The lowest BCUT2D eigenvalue weighted by Gasteiger charge is -2.11. The van der Waals surface area contributed by atoms with E-state index in [0.29, 0.717) is 4.99 Å². The first kappa shape index (κ1) is 9.99. The van der Waals surface area contributed by atoms with E-state index in [2.05, 4.69) is 0 Å². The second kappa shape index (κ2) is 3.75. The fourth-order valence-corrected chi connectivity index (χ4v) is 1.56. The molecule has 0 spiro atoms. The average molecular weight is 195 g/mol. The average Bonchev–Trinajstić information content (AvgIpc) is 2.02. The number of benzene rings is 1. The van der Waals surface area contributed by atoms with Crippen LogP contribution < -0.4 is 10.5 Å². The van der Waals surface area contributed by atoms with Crippen molar-refractivity contribution in [1.82, 2.24) is 0 Å². The molecule has 2 nitrogen and oxygen atoms in total. The maximum atomic E-state index is 5.58. The van der Waals surface area contributed by atoms with Gasteiger partial charge in [0, 0.05) is 0 Å². The lowest BCUT2D eigenvalue weighted by molar-refractivity contribution is 0.411. The van der Waals surface area contributed by atoms with Gasteiger partial charge in [0.05, 0.1) is 12.7 Å². The molecule has 0 amide bonds. The third-order valence-electron chi connectivity index (χ3n) is 1.89. The molecule has 0 saturated heterocycles. The van der Waals surface area contributed by atoms with E-state index in [4.69, 9.17) is 22.7 Å². The Balaban J connectivity index is 3.38. The van der Waals surface area contributed by atoms with Gasteiger partial charge in [-0.2, -0.15) is 0 Å². The molecule has 0 bridgehead atoms. The maximum Gasteiger partial charge on any atom is 0.131 e. The highest BCUT2D eigenvalue weighted by Gasteiger charge is 2.08. The summed E-state index contributed by atoms with van der Waals surface area (Å²) in [4.78, 5) is 0.378. The molecular weight excluding hydrogens is 182 g/mol. The SMILES string of the molecule is COc1c(C)cc(C)cc1C(N)=S. The highest BCUT2D eigenvalue weighted by molar-refractivity contribution is 7.80. The molecule has 0 atom stereocenters. The Bertz CT molecular complexity index is 347. The summed E-state index contributed by atoms with van der Waals surface area (Å²) in [6.07, 6.45) is 0. The van der Waals surface area contributed by atoms with Gasteiger partial charge in [0.1, 0.15) is 10.7 Å². The third-order valence-corrected chi connectivity index (χ3v) is 2.11. The van der Waals surface area contributed by atoms with Crippen molar-refractivity contribution in [2.24, 2.45) is 5.73 Å². The number of ether oxygens (including phenoxy) is 1. The predicted octanol–water partition coefficient (Wildman–Crippen LogP) is 1.95. The van der Waals surface area contributed by atoms with Gasteiger partial charge >= 0.3 is 0 Å². The summed E-state index contributed by atoms with van der Waals surface area (Å²) in [5, 5.41) is 0. The highest BCUT2D eigenvalue weighted by Crippen LogP contribution is 2.24. The molecule has 2 N–H and O–H groups in total. The molecule has 0 radical (unpaired) electrons. The van der Waals surface area contributed by atoms with Crippen molar-refractivity contribution in [3.05, 3.63) is 28.8 Å². The van der Waals surface area contributed by atoms with Crippen LogP contribution in [0.15, 0.2) is 12.1 Å². The van der Waals surface area contributed by atoms with Crippen LogP contribution in [0.3, 0.4) is 0 Å². The van der Waals surface area contributed by atoms with Gasteiger partial charge in [-0.3, -0.25) is 0 Å². The van der Waals surface area contributed by atoms with E-state index in [1.807, 2.05) is 26.0 Å². The number of hydrogen-bond donors (Lipinski definition) is 1. The van der Waals surface area contributed by atoms with Gasteiger partial charge in [0.15, 0.2) is 0 Å². The monoisotopic (exact) mass is 195 g/mol. The Hall–Kier alpha value is -1.09. The highest BCUT2D eigenvalue weighted by atomic mass is 32.1. The van der Waals surface area contributed by atoms with Gasteiger partial charge in [-0.1, -0.05) is 18.3 Å². The second-order valence-corrected chi connectivity index (χ2v) is 3.47. The van der Waals surface area contributed by atoms with Crippen LogP contribution in [-0.2, 0) is 0 Å². The second-order valence-electron chi connectivity index (χ2n) is 3.03. The van der Waals surface area contributed by atoms with Gasteiger partial charge in [0.25, 0.3) is 0 Å². The van der Waals surface area contributed by atoms with Gasteiger partial charge in [-0.25, -0.2) is 0 Å². The van der Waals surface area contributed by atoms with Crippen LogP contribution in [0.4, 0.5) is 0 Å². The van der Waals surface area contributed by atoms with E-state index >= 15 is 0 Å². The maximum absolute atomic E-state index is 5.58. The molecule has 13 heavy (non-hydrogen) atoms. The van der Waals surface area contributed by atoms with E-state index in [1.165, 1.54) is 0 Å². The van der Waals surface area contributed by atoms with Gasteiger partial charge in [-0.15, -0.1) is 0 Å². The Morgan fingerprint density at radius 3 is 2.46 bits per heavy atom. The summed E-state index contributed by atoms with van der Waals surface area (Å²) in [6, 6.07) is 3.98. The molecular formula is C10H13NOS. The number of rotatable bonds is 2. The Labute approximate surface area is 83.7 Å². The number of methoxy groups -OCH3 is 1. The number of aryl methyl sites for hydroxylation is 2. The van der Waals surface area contributed by atoms with E-state index < -0.39 is 0 Å². The van der Waals surface area contributed by atoms with Gasteiger partial charge in [0.2, 0.25) is 0 Å². The third kappa shape index (κ3) is 1.98. The molecule has 1 rings (SSSR count). The quantitative estimate of drug-likeness (QED) is 0.732. The molecule has 0 saturated carbocycles. The fraction of sp³-hybridized carbons (Fsp3) is 0.300. The largest absolute Gasteiger partial charge is 0.496 e. The van der Waals surface area contributed by atoms with E-state index in [0.717, 1.165) is 22.4 Å². The standard InChI is InChI=1S/C10H13NOS/c1-6-4-7(2)9(12-3)8(5-6)10(11)13/h4-5H,1-3H3,(H2,11,13). The van der Waals surface area contributed by atoms with Gasteiger partial charge < -0.3 is 10.5 Å². The minimum atomic E-state index is 0.378. The molecule has 0 heterocycles. The van der Waals surface area contributed by atoms with Crippen LogP contribution in [0, 0.1) is 13.8 Å². The molecule has 3 heteroatoms. The van der Waals surface area contributed by atoms with Crippen molar-refractivity contribution in [1.29, 1.82) is 0 Å². The summed E-state index contributed by atoms with van der Waals surface area (Å²) >= 11 is 4.93. The molecule has 1 aromatic carbocycles. The van der Waals surface area contributed by atoms with Crippen LogP contribution in [0.5, 0.6) is 5.75 Å². The normalized spacial score (nSPS) is 9.77. The van der Waals surface area contributed by atoms with Crippen LogP contribution in [0.2, 0.25) is 0 Å². The Kier molecular flexibility index (Phi) is 2.88. The summed E-state index contributed by atoms with van der Waals surface area (Å²) < 4.78 is 5.22. The van der Waals surface area contributed by atoms with E-state index in [1.54, 1.807) is 7.11 Å². The Morgan fingerprint density at radius 2 is 2.00 bits per heavy atom. The minimum Gasteiger partial charge on any atom is -0.496 e. The predicted molar refractivity (Wildman–Crippen MR) is 58.4 cm³/mol. The van der Waals surface area contributed by atoms with Crippen molar-refractivity contribution in [3.63, 3.8) is 0 Å². The van der Waals surface area contributed by atoms with E-state index in [9.17, 15) is 0 Å². The van der Waals surface area contributed by atoms with Crippen molar-refractivity contribution in [2.45, 2.75) is 13.8 Å². The van der Waals surface area contributed by atoms with Crippen LogP contribution in [0.25, 0.3) is 0 Å². The van der Waals surface area contributed by atoms with E-state index in [-0.39, 0.29) is 0 Å². The molecule has 0 aromatic heterocycles. The molecule has 70 valence electrons. The zero-order valence-corrected chi connectivity index (χ0v) is 8.87. The molecule has 0 aliphatic rings. The number of hydrogen-bond acceptors (Lipinski definition) is 2. The first-order valence-electron chi connectivity index (χ1n) is 4.01. The minimum absolute atomic E-state index is 0.378. The van der Waals surface area contributed by atoms with Crippen LogP contribution in [0.1, 0.15) is 16.7 Å². The molecule has 0 aliphatic carbocycles.